The second-order valence-corrected chi connectivity index (χ2v) is 9.10. The van der Waals surface area contributed by atoms with Crippen LogP contribution in [0.25, 0.3) is 33.2 Å². The van der Waals surface area contributed by atoms with Crippen molar-refractivity contribution in [3.8, 4) is 22.3 Å². The summed E-state index contributed by atoms with van der Waals surface area (Å²) in [6, 6.07) is 34.4. The number of fused-ring (bicyclic) bond motifs is 8. The van der Waals surface area contributed by atoms with Gasteiger partial charge in [0.2, 0.25) is 0 Å². The molecule has 0 fully saturated rings. The van der Waals surface area contributed by atoms with Crippen LogP contribution in [0.2, 0.25) is 0 Å². The van der Waals surface area contributed by atoms with Crippen LogP contribution in [0.1, 0.15) is 22.4 Å². The number of rotatable bonds is 0. The first kappa shape index (κ1) is 28.2. The molecule has 0 atom stereocenters. The predicted octanol–water partition coefficient (Wildman–Crippen LogP) is 2.02. The molecule has 1 nitrogen and oxygen atoms in total. The van der Waals surface area contributed by atoms with Gasteiger partial charge in [0.05, 0.1) is 0 Å². The average molecular weight is 657 g/mol. The number of halogens is 3. The molecule has 0 radical (unpaired) electrons. The van der Waals surface area contributed by atoms with Crippen LogP contribution in [-0.4, -0.2) is 4.57 Å². The molecule has 0 unspecified atom stereocenters. The van der Waals surface area contributed by atoms with Gasteiger partial charge in [-0.1, -0.05) is 63.6 Å². The number of aryl methyl sites for hydroxylation is 1. The van der Waals surface area contributed by atoms with Gasteiger partial charge in [-0.05, 0) is 30.0 Å². The summed E-state index contributed by atoms with van der Waals surface area (Å²) < 4.78 is 3.42. The Morgan fingerprint density at radius 3 is 2.40 bits per heavy atom. The molecule has 0 saturated heterocycles. The molecule has 5 aromatic rings. The molecule has 4 aromatic carbocycles. The Morgan fingerprint density at radius 2 is 1.57 bits per heavy atom. The van der Waals surface area contributed by atoms with Crippen molar-refractivity contribution in [2.75, 3.05) is 0 Å². The molecule has 0 amide bonds. The summed E-state index contributed by atoms with van der Waals surface area (Å²) in [7, 11) is 6.33. The van der Waals surface area contributed by atoms with Crippen LogP contribution >= 0.6 is 24.8 Å². The van der Waals surface area contributed by atoms with E-state index in [2.05, 4.69) is 115 Å². The van der Waals surface area contributed by atoms with Gasteiger partial charge in [0.25, 0.3) is 0 Å². The molecule has 7 rings (SSSR count). The predicted molar refractivity (Wildman–Crippen MR) is 139 cm³/mol. The van der Waals surface area contributed by atoms with E-state index >= 15 is 0 Å². The minimum Gasteiger partial charge on any atom is -0.179 e. The first-order valence-corrected chi connectivity index (χ1v) is 15.0. The van der Waals surface area contributed by atoms with E-state index in [1.807, 2.05) is 12.1 Å². The molecule has 174 valence electrons. The standard InChI is InChI=1S/C16H11BrN.C13H9.2ClH.S.Zr/c1-18-14-5-3-2-4-13(14)16-12-7-6-11(17)8-10(12)9-15(16)18;1-3-7-12-10(5-1)9-11-6-2-4-8-13(11)12;;;;/h2-6,8H,9H2,1H3;1-5,7-8H,9H2;2*1H;;/q2*-1;;;;+2/p-2. The monoisotopic (exact) mass is 653 g/mol. The maximum atomic E-state index is 4.17. The SMILES string of the molecule is Cn1c2c(c3ccccc31)-c1[c-]cc(Br)cc1C2.[Cl-].[Cl-].[S]=[Zr+2].[c-]1cccc2c1Cc1ccccc1-2. The summed E-state index contributed by atoms with van der Waals surface area (Å²) >= 11 is 4.66. The van der Waals surface area contributed by atoms with Crippen molar-refractivity contribution < 1.29 is 47.5 Å². The minimum atomic E-state index is 0. The summed E-state index contributed by atoms with van der Waals surface area (Å²) in [5.74, 6) is 0. The van der Waals surface area contributed by atoms with Crippen molar-refractivity contribution in [3.63, 3.8) is 0 Å². The van der Waals surface area contributed by atoms with Crippen LogP contribution in [-0.2, 0) is 42.6 Å². The van der Waals surface area contributed by atoms with Crippen molar-refractivity contribution in [3.05, 3.63) is 118 Å². The second-order valence-electron chi connectivity index (χ2n) is 8.19. The minimum absolute atomic E-state index is 0. The fraction of sp³-hybridized carbons (Fsp3) is 0.103. The van der Waals surface area contributed by atoms with Crippen molar-refractivity contribution >= 4 is 35.7 Å². The largest absolute Gasteiger partial charge is 0.179 e. The van der Waals surface area contributed by atoms with E-state index in [0.717, 1.165) is 40.0 Å². The Kier molecular flexibility index (Phi) is 9.83. The van der Waals surface area contributed by atoms with E-state index in [0.29, 0.717) is 0 Å². The van der Waals surface area contributed by atoms with Gasteiger partial charge in [-0.2, -0.15) is 29.8 Å². The van der Waals surface area contributed by atoms with Crippen molar-refractivity contribution in [2.45, 2.75) is 12.8 Å². The summed E-state index contributed by atoms with van der Waals surface area (Å²) in [5.41, 5.74) is 12.2. The zero-order chi connectivity index (χ0) is 22.9. The second kappa shape index (κ2) is 12.2. The van der Waals surface area contributed by atoms with Gasteiger partial charge in [0, 0.05) is 12.6 Å². The van der Waals surface area contributed by atoms with Gasteiger partial charge in [-0.25, -0.2) is 0 Å². The Hall–Kier alpha value is -1.42. The fourth-order valence-corrected chi connectivity index (χ4v) is 5.39. The molecule has 2 aliphatic carbocycles. The summed E-state index contributed by atoms with van der Waals surface area (Å²) in [4.78, 5) is 0. The van der Waals surface area contributed by atoms with Crippen LogP contribution in [0.15, 0.2) is 83.3 Å². The number of nitrogens with zero attached hydrogens (tertiary/aromatic N) is 1. The molecule has 0 spiro atoms. The topological polar surface area (TPSA) is 4.93 Å². The van der Waals surface area contributed by atoms with Crippen molar-refractivity contribution in [2.24, 2.45) is 7.05 Å². The third-order valence-corrected chi connectivity index (χ3v) is 6.90. The molecule has 1 heterocycles. The van der Waals surface area contributed by atoms with Crippen LogP contribution in [0.4, 0.5) is 0 Å². The van der Waals surface area contributed by atoms with Crippen molar-refractivity contribution in [1.29, 1.82) is 0 Å². The quantitative estimate of drug-likeness (QED) is 0.227. The summed E-state index contributed by atoms with van der Waals surface area (Å²) in [5, 5.41) is 1.34. The number of para-hydroxylation sites is 1. The number of aromatic nitrogens is 1. The van der Waals surface area contributed by atoms with Crippen LogP contribution in [0, 0.1) is 12.1 Å². The maximum Gasteiger partial charge on any atom is -0.0253 e. The normalized spacial score (nSPS) is 11.3. The van der Waals surface area contributed by atoms with Gasteiger partial charge in [0.15, 0.2) is 0 Å². The average Bonchev–Trinajstić information content (AvgIpc) is 3.51. The summed E-state index contributed by atoms with van der Waals surface area (Å²) in [6.07, 6.45) is 2.05. The number of benzene rings is 4. The fourth-order valence-electron chi connectivity index (χ4n) is 5.00. The molecule has 0 saturated carbocycles. The molecular weight excluding hydrogens is 636 g/mol. The smallest absolute Gasteiger partial charge is 0.0253 e. The molecule has 35 heavy (non-hydrogen) atoms. The third kappa shape index (κ3) is 5.20. The molecule has 0 aliphatic heterocycles. The Bertz CT molecular complexity index is 1450. The maximum absolute atomic E-state index is 4.17. The summed E-state index contributed by atoms with van der Waals surface area (Å²) in [6.45, 7) is 0. The van der Waals surface area contributed by atoms with E-state index in [1.54, 1.807) is 0 Å². The Morgan fingerprint density at radius 1 is 0.857 bits per heavy atom. The molecular formula is C29H20BrCl2NSZr-2. The van der Waals surface area contributed by atoms with Crippen molar-refractivity contribution in [1.82, 2.24) is 4.57 Å². The zero-order valence-electron chi connectivity index (χ0n) is 18.9. The van der Waals surface area contributed by atoms with Crippen LogP contribution in [0.3, 0.4) is 0 Å². The molecule has 1 aromatic heterocycles. The van der Waals surface area contributed by atoms with E-state index < -0.39 is 0 Å². The molecule has 6 heteroatoms. The molecule has 0 bridgehead atoms. The van der Waals surface area contributed by atoms with Crippen LogP contribution in [0.5, 0.6) is 0 Å². The molecule has 2 aliphatic rings. The van der Waals surface area contributed by atoms with Crippen LogP contribution < -0.4 is 24.8 Å². The van der Waals surface area contributed by atoms with E-state index in [4.69, 9.17) is 0 Å². The molecule has 0 N–H and O–H groups in total. The Labute approximate surface area is 245 Å². The number of hydrogen-bond donors (Lipinski definition) is 0. The van der Waals surface area contributed by atoms with Gasteiger partial charge in [-0.3, -0.25) is 0 Å². The van der Waals surface area contributed by atoms with E-state index in [-0.39, 0.29) is 24.8 Å². The van der Waals surface area contributed by atoms with Gasteiger partial charge in [-0.15, -0.1) is 50.8 Å². The third-order valence-electron chi connectivity index (χ3n) is 6.44. The first-order valence-electron chi connectivity index (χ1n) is 10.8. The van der Waals surface area contributed by atoms with Gasteiger partial charge < -0.3 is 29.4 Å². The Balaban J connectivity index is 0.000000180. The van der Waals surface area contributed by atoms with E-state index in [1.165, 1.54) is 55.5 Å². The van der Waals surface area contributed by atoms with Gasteiger partial charge >= 0.3 is 31.5 Å². The first-order chi connectivity index (χ1) is 16.2. The van der Waals surface area contributed by atoms with E-state index in [9.17, 15) is 0 Å². The zero-order valence-corrected chi connectivity index (χ0v) is 25.3. The number of hydrogen-bond acceptors (Lipinski definition) is 1. The van der Waals surface area contributed by atoms with Gasteiger partial charge in [0.1, 0.15) is 0 Å².